The molecule has 1 aromatic heterocycles. The van der Waals surface area contributed by atoms with E-state index < -0.39 is 0 Å². The van der Waals surface area contributed by atoms with Crippen LogP contribution in [0.5, 0.6) is 0 Å². The van der Waals surface area contributed by atoms with Crippen LogP contribution in [0.4, 0.5) is 0 Å². The fourth-order valence-electron chi connectivity index (χ4n) is 5.22. The Morgan fingerprint density at radius 3 is 2.19 bits per heavy atom. The van der Waals surface area contributed by atoms with Gasteiger partial charge in [0.2, 0.25) is 6.54 Å². The molecule has 0 unspecified atom stereocenters. The van der Waals surface area contributed by atoms with E-state index >= 15 is 0 Å². The molecule has 0 spiro atoms. The second-order valence-corrected chi connectivity index (χ2v) is 7.62. The van der Waals surface area contributed by atoms with Gasteiger partial charge in [-0.3, -0.25) is 0 Å². The molecule has 4 aliphatic carbocycles. The molecule has 0 N–H and O–H groups in total. The molecular formula is C18H24NO2+. The first kappa shape index (κ1) is 13.3. The van der Waals surface area contributed by atoms with E-state index in [-0.39, 0.29) is 11.6 Å². The van der Waals surface area contributed by atoms with E-state index in [0.717, 1.165) is 37.0 Å². The van der Waals surface area contributed by atoms with Crippen molar-refractivity contribution in [3.63, 3.8) is 0 Å². The first-order valence-corrected chi connectivity index (χ1v) is 8.28. The van der Waals surface area contributed by atoms with E-state index in [2.05, 4.69) is 6.92 Å². The predicted octanol–water partition coefficient (Wildman–Crippen LogP) is 2.79. The number of aryl methyl sites for hydroxylation is 1. The van der Waals surface area contributed by atoms with E-state index in [0.29, 0.717) is 6.54 Å². The molecule has 3 heteroatoms. The first-order chi connectivity index (χ1) is 10.1. The van der Waals surface area contributed by atoms with Gasteiger partial charge >= 0.3 is 5.97 Å². The van der Waals surface area contributed by atoms with Crippen LogP contribution in [0.15, 0.2) is 24.5 Å². The minimum atomic E-state index is -0.114. The van der Waals surface area contributed by atoms with Gasteiger partial charge in [0, 0.05) is 12.1 Å². The molecule has 1 heterocycles. The molecule has 0 radical (unpaired) electrons. The van der Waals surface area contributed by atoms with Crippen LogP contribution in [0.1, 0.15) is 44.1 Å². The third-order valence-corrected chi connectivity index (χ3v) is 5.68. The summed E-state index contributed by atoms with van der Waals surface area (Å²) in [6.07, 6.45) is 11.4. The Labute approximate surface area is 126 Å². The molecule has 4 fully saturated rings. The summed E-state index contributed by atoms with van der Waals surface area (Å²) in [5, 5.41) is 0. The van der Waals surface area contributed by atoms with Crippen molar-refractivity contribution in [1.29, 1.82) is 0 Å². The zero-order valence-electron chi connectivity index (χ0n) is 12.8. The average molecular weight is 286 g/mol. The third-order valence-electron chi connectivity index (χ3n) is 5.68. The predicted molar refractivity (Wildman–Crippen MR) is 78.4 cm³/mol. The molecule has 0 amide bonds. The largest absolute Gasteiger partial charge is 0.454 e. The van der Waals surface area contributed by atoms with Gasteiger partial charge in [-0.15, -0.1) is 0 Å². The van der Waals surface area contributed by atoms with Crippen molar-refractivity contribution in [1.82, 2.24) is 0 Å². The van der Waals surface area contributed by atoms with Gasteiger partial charge in [0.15, 0.2) is 12.4 Å². The normalized spacial score (nSPS) is 36.7. The van der Waals surface area contributed by atoms with Crippen LogP contribution in [0, 0.1) is 24.7 Å². The summed E-state index contributed by atoms with van der Waals surface area (Å²) in [5.41, 5.74) is 1.09. The van der Waals surface area contributed by atoms with Gasteiger partial charge in [-0.1, -0.05) is 0 Å². The SMILES string of the molecule is Cc1cc[n+](CC(=O)OC23CC4CC(CC(C4)C2)C3)cc1. The van der Waals surface area contributed by atoms with E-state index in [1.165, 1.54) is 24.8 Å². The number of hydrogen-bond acceptors (Lipinski definition) is 2. The summed E-state index contributed by atoms with van der Waals surface area (Å²) >= 11 is 0. The lowest BCUT2D eigenvalue weighted by Gasteiger charge is -2.55. The molecule has 1 aromatic rings. The van der Waals surface area contributed by atoms with Crippen LogP contribution in [0.3, 0.4) is 0 Å². The Bertz CT molecular complexity index is 514. The topological polar surface area (TPSA) is 30.2 Å². The summed E-state index contributed by atoms with van der Waals surface area (Å²) in [7, 11) is 0. The molecule has 4 bridgehead atoms. The summed E-state index contributed by atoms with van der Waals surface area (Å²) in [4.78, 5) is 12.3. The van der Waals surface area contributed by atoms with Crippen molar-refractivity contribution in [2.45, 2.75) is 57.6 Å². The highest BCUT2D eigenvalue weighted by Gasteiger charge is 2.53. The molecule has 21 heavy (non-hydrogen) atoms. The lowest BCUT2D eigenvalue weighted by molar-refractivity contribution is -0.686. The highest BCUT2D eigenvalue weighted by Crippen LogP contribution is 2.57. The van der Waals surface area contributed by atoms with Gasteiger partial charge in [-0.2, -0.15) is 4.57 Å². The van der Waals surface area contributed by atoms with E-state index in [9.17, 15) is 4.79 Å². The molecule has 112 valence electrons. The Morgan fingerprint density at radius 1 is 1.14 bits per heavy atom. The maximum atomic E-state index is 12.3. The minimum absolute atomic E-state index is 0.0641. The number of nitrogens with zero attached hydrogens (tertiary/aromatic N) is 1. The number of ether oxygens (including phenoxy) is 1. The maximum absolute atomic E-state index is 12.3. The van der Waals surface area contributed by atoms with Crippen LogP contribution in [0.25, 0.3) is 0 Å². The fraction of sp³-hybridized carbons (Fsp3) is 0.667. The summed E-state index contributed by atoms with van der Waals surface area (Å²) < 4.78 is 7.94. The molecule has 0 aliphatic heterocycles. The van der Waals surface area contributed by atoms with Gasteiger partial charge in [0.05, 0.1) is 0 Å². The van der Waals surface area contributed by atoms with Gasteiger partial charge in [-0.05, 0) is 68.8 Å². The third kappa shape index (κ3) is 2.58. The monoisotopic (exact) mass is 286 g/mol. The Morgan fingerprint density at radius 2 is 1.67 bits per heavy atom. The highest BCUT2D eigenvalue weighted by molar-refractivity contribution is 5.68. The lowest BCUT2D eigenvalue weighted by atomic mass is 9.54. The van der Waals surface area contributed by atoms with Gasteiger partial charge in [-0.25, -0.2) is 4.79 Å². The molecule has 4 saturated carbocycles. The molecule has 0 aromatic carbocycles. The zero-order valence-corrected chi connectivity index (χ0v) is 12.8. The highest BCUT2D eigenvalue weighted by atomic mass is 16.6. The Hall–Kier alpha value is -1.38. The number of rotatable bonds is 3. The number of aromatic nitrogens is 1. The van der Waals surface area contributed by atoms with Crippen LogP contribution >= 0.6 is 0 Å². The first-order valence-electron chi connectivity index (χ1n) is 8.28. The number of hydrogen-bond donors (Lipinski definition) is 0. The maximum Gasteiger partial charge on any atom is 0.373 e. The van der Waals surface area contributed by atoms with Crippen LogP contribution in [-0.2, 0) is 16.1 Å². The molecule has 3 nitrogen and oxygen atoms in total. The average Bonchev–Trinajstić information content (AvgIpc) is 2.39. The van der Waals surface area contributed by atoms with Gasteiger partial charge in [0.1, 0.15) is 5.60 Å². The summed E-state index contributed by atoms with van der Waals surface area (Å²) in [6, 6.07) is 4.05. The lowest BCUT2D eigenvalue weighted by Crippen LogP contribution is -2.53. The Kier molecular flexibility index (Phi) is 3.05. The van der Waals surface area contributed by atoms with E-state index in [1.54, 1.807) is 0 Å². The van der Waals surface area contributed by atoms with E-state index in [1.807, 2.05) is 29.1 Å². The number of carbonyl (C=O) groups is 1. The van der Waals surface area contributed by atoms with Crippen LogP contribution in [-0.4, -0.2) is 11.6 Å². The smallest absolute Gasteiger partial charge is 0.373 e. The Balaban J connectivity index is 1.43. The van der Waals surface area contributed by atoms with Crippen molar-refractivity contribution in [2.24, 2.45) is 17.8 Å². The van der Waals surface area contributed by atoms with Crippen molar-refractivity contribution in [3.8, 4) is 0 Å². The van der Waals surface area contributed by atoms with Crippen molar-refractivity contribution >= 4 is 5.97 Å². The minimum Gasteiger partial charge on any atom is -0.454 e. The standard InChI is InChI=1S/C18H24NO2/c1-13-2-4-19(5-3-13)12-17(20)21-18-9-14-6-15(10-18)8-16(7-14)11-18/h2-5,14-16H,6-12H2,1H3/q+1. The van der Waals surface area contributed by atoms with Crippen LogP contribution in [0.2, 0.25) is 0 Å². The quantitative estimate of drug-likeness (QED) is 0.632. The molecule has 0 atom stereocenters. The second kappa shape index (κ2) is 4.82. The molecular weight excluding hydrogens is 262 g/mol. The number of carbonyl (C=O) groups excluding carboxylic acids is 1. The molecule has 5 rings (SSSR count). The number of pyridine rings is 1. The van der Waals surface area contributed by atoms with Gasteiger partial charge < -0.3 is 4.74 Å². The number of esters is 1. The van der Waals surface area contributed by atoms with E-state index in [4.69, 9.17) is 4.74 Å². The molecule has 4 aliphatic rings. The summed E-state index contributed by atoms with van der Waals surface area (Å²) in [5.74, 6) is 2.38. The van der Waals surface area contributed by atoms with Crippen LogP contribution < -0.4 is 4.57 Å². The molecule has 0 saturated heterocycles. The summed E-state index contributed by atoms with van der Waals surface area (Å²) in [6.45, 7) is 2.39. The van der Waals surface area contributed by atoms with Gasteiger partial charge in [0.25, 0.3) is 0 Å². The van der Waals surface area contributed by atoms with Crippen molar-refractivity contribution < 1.29 is 14.1 Å². The fourth-order valence-corrected chi connectivity index (χ4v) is 5.22. The second-order valence-electron chi connectivity index (χ2n) is 7.62. The zero-order chi connectivity index (χ0) is 14.4. The van der Waals surface area contributed by atoms with Crippen molar-refractivity contribution in [2.75, 3.05) is 0 Å². The van der Waals surface area contributed by atoms with Crippen molar-refractivity contribution in [3.05, 3.63) is 30.1 Å².